The number of sulfonamides is 1. The number of hydrogen-bond acceptors (Lipinski definition) is 6. The number of carbonyl (C=O) groups excluding carboxylic acids is 2. The number of amides is 1. The molecule has 0 saturated carbocycles. The molecule has 0 radical (unpaired) electrons. The molecule has 0 fully saturated rings. The third-order valence-corrected chi connectivity index (χ3v) is 4.33. The zero-order valence-electron chi connectivity index (χ0n) is 14.5. The van der Waals surface area contributed by atoms with Gasteiger partial charge in [0.05, 0.1) is 10.5 Å². The molecule has 0 bridgehead atoms. The van der Waals surface area contributed by atoms with Gasteiger partial charge in [-0.15, -0.1) is 0 Å². The Bertz CT molecular complexity index is 964. The van der Waals surface area contributed by atoms with E-state index >= 15 is 0 Å². The second-order valence-corrected chi connectivity index (χ2v) is 7.07. The lowest BCUT2D eigenvalue weighted by molar-refractivity contribution is -0.123. The maximum absolute atomic E-state index is 12.2. The summed E-state index contributed by atoms with van der Waals surface area (Å²) in [6, 6.07) is 9.99. The second kappa shape index (κ2) is 8.76. The molecular formula is C17H16F2N2O6S. The van der Waals surface area contributed by atoms with E-state index < -0.39 is 34.6 Å². The van der Waals surface area contributed by atoms with E-state index in [0.29, 0.717) is 0 Å². The fourth-order valence-electron chi connectivity index (χ4n) is 2.05. The third-order valence-electron chi connectivity index (χ3n) is 3.40. The Kier molecular flexibility index (Phi) is 6.65. The summed E-state index contributed by atoms with van der Waals surface area (Å²) < 4.78 is 56.1. The van der Waals surface area contributed by atoms with Gasteiger partial charge >= 0.3 is 12.6 Å². The molecule has 3 N–H and O–H groups in total. The van der Waals surface area contributed by atoms with Gasteiger partial charge in [-0.2, -0.15) is 8.78 Å². The molecule has 2 rings (SSSR count). The Labute approximate surface area is 159 Å². The first-order chi connectivity index (χ1) is 13.1. The van der Waals surface area contributed by atoms with E-state index in [2.05, 4.69) is 10.1 Å². The fourth-order valence-corrected chi connectivity index (χ4v) is 2.57. The molecule has 150 valence electrons. The minimum absolute atomic E-state index is 0.0738. The van der Waals surface area contributed by atoms with Crippen LogP contribution in [-0.2, 0) is 19.6 Å². The number of esters is 1. The quantitative estimate of drug-likeness (QED) is 0.669. The van der Waals surface area contributed by atoms with E-state index in [1.165, 1.54) is 49.4 Å². The van der Waals surface area contributed by atoms with Gasteiger partial charge in [0.2, 0.25) is 10.0 Å². The van der Waals surface area contributed by atoms with Crippen LogP contribution in [0.4, 0.5) is 14.5 Å². The summed E-state index contributed by atoms with van der Waals surface area (Å²) >= 11 is 0. The number of halogens is 2. The minimum Gasteiger partial charge on any atom is -0.449 e. The van der Waals surface area contributed by atoms with E-state index in [4.69, 9.17) is 9.88 Å². The molecule has 2 aromatic carbocycles. The predicted molar refractivity (Wildman–Crippen MR) is 94.4 cm³/mol. The normalized spacial score (nSPS) is 12.3. The van der Waals surface area contributed by atoms with Crippen molar-refractivity contribution in [2.75, 3.05) is 5.32 Å². The van der Waals surface area contributed by atoms with Crippen molar-refractivity contribution >= 4 is 27.6 Å². The highest BCUT2D eigenvalue weighted by Crippen LogP contribution is 2.18. The van der Waals surface area contributed by atoms with Crippen LogP contribution >= 0.6 is 0 Å². The summed E-state index contributed by atoms with van der Waals surface area (Å²) in [6.07, 6.45) is -1.22. The highest BCUT2D eigenvalue weighted by atomic mass is 32.2. The molecule has 2 aromatic rings. The van der Waals surface area contributed by atoms with Crippen LogP contribution < -0.4 is 15.2 Å². The minimum atomic E-state index is -3.86. The van der Waals surface area contributed by atoms with E-state index in [1.807, 2.05) is 0 Å². The topological polar surface area (TPSA) is 125 Å². The first-order valence-electron chi connectivity index (χ1n) is 7.76. The van der Waals surface area contributed by atoms with Crippen molar-refractivity contribution in [2.45, 2.75) is 24.5 Å². The summed E-state index contributed by atoms with van der Waals surface area (Å²) in [6.45, 7) is -1.73. The van der Waals surface area contributed by atoms with Crippen molar-refractivity contribution < 1.29 is 36.3 Å². The number of ether oxygens (including phenoxy) is 2. The molecule has 0 heterocycles. The molecule has 0 aliphatic heterocycles. The first-order valence-corrected chi connectivity index (χ1v) is 9.30. The van der Waals surface area contributed by atoms with Crippen molar-refractivity contribution in [3.05, 3.63) is 54.1 Å². The second-order valence-electron chi connectivity index (χ2n) is 5.51. The molecule has 11 heteroatoms. The zero-order chi connectivity index (χ0) is 20.9. The van der Waals surface area contributed by atoms with E-state index in [9.17, 15) is 26.8 Å². The van der Waals surface area contributed by atoms with Gasteiger partial charge in [-0.1, -0.05) is 6.07 Å². The van der Waals surface area contributed by atoms with Crippen LogP contribution in [0.3, 0.4) is 0 Å². The Balaban J connectivity index is 1.99. The van der Waals surface area contributed by atoms with E-state index in [1.54, 1.807) is 0 Å². The van der Waals surface area contributed by atoms with E-state index in [-0.39, 0.29) is 21.9 Å². The molecule has 8 nitrogen and oxygen atoms in total. The standard InChI is InChI=1S/C17H16F2N2O6S/c1-10(15(22)21-12-5-7-14(8-6-12)28(20,24)25)26-16(23)11-3-2-4-13(9-11)27-17(18)19/h2-10,17H,1H3,(H,21,22)(H2,20,24,25)/t10-/m0/s1. The van der Waals surface area contributed by atoms with Gasteiger partial charge < -0.3 is 14.8 Å². The number of hydrogen-bond donors (Lipinski definition) is 2. The number of primary sulfonamides is 1. The number of alkyl halides is 2. The Morgan fingerprint density at radius 3 is 2.32 bits per heavy atom. The Hall–Kier alpha value is -3.05. The van der Waals surface area contributed by atoms with Crippen LogP contribution in [0.5, 0.6) is 5.75 Å². The number of carbonyl (C=O) groups is 2. The van der Waals surface area contributed by atoms with Crippen molar-refractivity contribution in [3.8, 4) is 5.75 Å². The van der Waals surface area contributed by atoms with Gasteiger partial charge in [-0.3, -0.25) is 4.79 Å². The van der Waals surface area contributed by atoms with Gasteiger partial charge in [0.15, 0.2) is 6.10 Å². The Morgan fingerprint density at radius 1 is 1.11 bits per heavy atom. The van der Waals surface area contributed by atoms with E-state index in [0.717, 1.165) is 6.07 Å². The predicted octanol–water partition coefficient (Wildman–Crippen LogP) is 2.12. The smallest absolute Gasteiger partial charge is 0.387 e. The van der Waals surface area contributed by atoms with Crippen molar-refractivity contribution in [3.63, 3.8) is 0 Å². The van der Waals surface area contributed by atoms with Gasteiger partial charge in [0.25, 0.3) is 5.91 Å². The van der Waals surface area contributed by atoms with Gasteiger partial charge in [-0.25, -0.2) is 18.4 Å². The van der Waals surface area contributed by atoms with Crippen LogP contribution in [0.25, 0.3) is 0 Å². The first kappa shape index (κ1) is 21.3. The number of anilines is 1. The average Bonchev–Trinajstić information content (AvgIpc) is 2.61. The summed E-state index contributed by atoms with van der Waals surface area (Å²) in [7, 11) is -3.86. The number of rotatable bonds is 7. The highest BCUT2D eigenvalue weighted by molar-refractivity contribution is 7.89. The van der Waals surface area contributed by atoms with Gasteiger partial charge in [0.1, 0.15) is 5.75 Å². The molecule has 0 unspecified atom stereocenters. The lowest BCUT2D eigenvalue weighted by Crippen LogP contribution is -2.30. The molecule has 1 atom stereocenters. The van der Waals surface area contributed by atoms with Gasteiger partial charge in [-0.05, 0) is 49.4 Å². The summed E-state index contributed by atoms with van der Waals surface area (Å²) in [5.41, 5.74) is 0.183. The number of benzene rings is 2. The SMILES string of the molecule is C[C@H](OC(=O)c1cccc(OC(F)F)c1)C(=O)Nc1ccc(S(N)(=O)=O)cc1. The molecule has 0 saturated heterocycles. The largest absolute Gasteiger partial charge is 0.449 e. The maximum Gasteiger partial charge on any atom is 0.387 e. The van der Waals surface area contributed by atoms with Crippen LogP contribution in [0.2, 0.25) is 0 Å². The van der Waals surface area contributed by atoms with Crippen molar-refractivity contribution in [1.82, 2.24) is 0 Å². The molecule has 1 amide bonds. The maximum atomic E-state index is 12.2. The Morgan fingerprint density at radius 2 is 1.75 bits per heavy atom. The molecular weight excluding hydrogens is 398 g/mol. The summed E-state index contributed by atoms with van der Waals surface area (Å²) in [4.78, 5) is 24.1. The molecule has 0 aliphatic rings. The molecule has 0 spiro atoms. The summed E-state index contributed by atoms with van der Waals surface area (Å²) in [5, 5.41) is 7.42. The lowest BCUT2D eigenvalue weighted by Gasteiger charge is -2.14. The monoisotopic (exact) mass is 414 g/mol. The lowest BCUT2D eigenvalue weighted by atomic mass is 10.2. The number of nitrogens with one attached hydrogen (secondary N) is 1. The van der Waals surface area contributed by atoms with Crippen LogP contribution in [0.15, 0.2) is 53.4 Å². The number of nitrogens with two attached hydrogens (primary N) is 1. The average molecular weight is 414 g/mol. The van der Waals surface area contributed by atoms with Crippen LogP contribution in [-0.4, -0.2) is 33.0 Å². The molecule has 0 aliphatic carbocycles. The van der Waals surface area contributed by atoms with Gasteiger partial charge in [0, 0.05) is 5.69 Å². The van der Waals surface area contributed by atoms with Crippen molar-refractivity contribution in [1.29, 1.82) is 0 Å². The zero-order valence-corrected chi connectivity index (χ0v) is 15.3. The third kappa shape index (κ3) is 5.99. The van der Waals surface area contributed by atoms with Crippen molar-refractivity contribution in [2.24, 2.45) is 5.14 Å². The summed E-state index contributed by atoms with van der Waals surface area (Å²) in [5.74, 6) is -1.82. The molecule has 0 aromatic heterocycles. The highest BCUT2D eigenvalue weighted by Gasteiger charge is 2.20. The molecule has 28 heavy (non-hydrogen) atoms. The fraction of sp³-hybridized carbons (Fsp3) is 0.176. The van der Waals surface area contributed by atoms with Crippen LogP contribution in [0, 0.1) is 0 Å². The van der Waals surface area contributed by atoms with Crippen LogP contribution in [0.1, 0.15) is 17.3 Å².